The molecule has 0 aromatic rings. The van der Waals surface area contributed by atoms with Crippen LogP contribution in [0.3, 0.4) is 0 Å². The van der Waals surface area contributed by atoms with Crippen molar-refractivity contribution in [2.45, 2.75) is 20.3 Å². The molecule has 12 heavy (non-hydrogen) atoms. The van der Waals surface area contributed by atoms with Crippen LogP contribution in [0.2, 0.25) is 0 Å². The normalized spacial score (nSPS) is 11.0. The van der Waals surface area contributed by atoms with E-state index in [0.717, 1.165) is 16.7 Å². The average Bonchev–Trinajstić information content (AvgIpc) is 1.83. The van der Waals surface area contributed by atoms with E-state index in [1.54, 1.807) is 13.0 Å². The fraction of sp³-hybridized carbons (Fsp3) is 0.300. The predicted octanol–water partition coefficient (Wildman–Crippen LogP) is 2.54. The molecule has 0 amide bonds. The van der Waals surface area contributed by atoms with Crippen molar-refractivity contribution in [1.82, 2.24) is 0 Å². The Morgan fingerprint density at radius 1 is 1.42 bits per heavy atom. The van der Waals surface area contributed by atoms with Crippen molar-refractivity contribution in [3.05, 3.63) is 36.0 Å². The van der Waals surface area contributed by atoms with Gasteiger partial charge in [-0.1, -0.05) is 30.4 Å². The molecule has 2 nitrogen and oxygen atoms in total. The van der Waals surface area contributed by atoms with Gasteiger partial charge in [-0.05, 0) is 19.4 Å². The van der Waals surface area contributed by atoms with Crippen LogP contribution in [0.25, 0.3) is 0 Å². The third kappa shape index (κ3) is 4.50. The number of aliphatic carboxylic acids is 1. The Balaban J connectivity index is 4.55. The number of hydrogen-bond acceptors (Lipinski definition) is 1. The van der Waals surface area contributed by atoms with Crippen LogP contribution in [0.4, 0.5) is 0 Å². The molecule has 1 N–H and O–H groups in total. The van der Waals surface area contributed by atoms with Crippen molar-refractivity contribution in [1.29, 1.82) is 0 Å². The molecule has 0 fully saturated rings. The number of hydrogen-bond donors (Lipinski definition) is 1. The van der Waals surface area contributed by atoms with Crippen molar-refractivity contribution in [3.8, 4) is 0 Å². The van der Waals surface area contributed by atoms with Crippen molar-refractivity contribution >= 4 is 5.97 Å². The summed E-state index contributed by atoms with van der Waals surface area (Å²) in [5.41, 5.74) is 2.35. The summed E-state index contributed by atoms with van der Waals surface area (Å²) in [5.74, 6) is -0.842. The third-order valence-electron chi connectivity index (χ3n) is 1.31. The van der Waals surface area contributed by atoms with Crippen molar-refractivity contribution in [2.24, 2.45) is 0 Å². The second kappa shape index (κ2) is 4.54. The Hall–Kier alpha value is -1.31. The van der Waals surface area contributed by atoms with Gasteiger partial charge in [0.15, 0.2) is 0 Å². The molecular weight excluding hydrogens is 152 g/mol. The van der Waals surface area contributed by atoms with Crippen LogP contribution in [0.15, 0.2) is 36.0 Å². The van der Waals surface area contributed by atoms with Crippen LogP contribution in [0, 0.1) is 0 Å². The summed E-state index contributed by atoms with van der Waals surface area (Å²) in [6.45, 7) is 11.0. The summed E-state index contributed by atoms with van der Waals surface area (Å²) in [7, 11) is 0. The fourth-order valence-electron chi connectivity index (χ4n) is 0.785. The van der Waals surface area contributed by atoms with Crippen molar-refractivity contribution < 1.29 is 9.90 Å². The van der Waals surface area contributed by atoms with E-state index >= 15 is 0 Å². The van der Waals surface area contributed by atoms with Crippen LogP contribution in [0.5, 0.6) is 0 Å². The molecule has 2 heteroatoms. The number of carboxylic acids is 1. The predicted molar refractivity (Wildman–Crippen MR) is 50.0 cm³/mol. The van der Waals surface area contributed by atoms with Gasteiger partial charge in [0.1, 0.15) is 0 Å². The first-order chi connectivity index (χ1) is 5.43. The average molecular weight is 166 g/mol. The smallest absolute Gasteiger partial charge is 0.307 e. The first-order valence-electron chi connectivity index (χ1n) is 3.67. The third-order valence-corrected chi connectivity index (χ3v) is 1.31. The van der Waals surface area contributed by atoms with E-state index in [1.165, 1.54) is 0 Å². The molecule has 0 atom stereocenters. The van der Waals surface area contributed by atoms with Gasteiger partial charge in [-0.25, -0.2) is 0 Å². The zero-order valence-corrected chi connectivity index (χ0v) is 7.55. The number of carboxylic acid groups (broad SMARTS) is 1. The van der Waals surface area contributed by atoms with Gasteiger partial charge in [0.05, 0.1) is 6.42 Å². The Kier molecular flexibility index (Phi) is 4.05. The highest BCUT2D eigenvalue weighted by molar-refractivity contribution is 5.71. The lowest BCUT2D eigenvalue weighted by atomic mass is 10.0. The molecule has 0 aliphatic rings. The Morgan fingerprint density at radius 2 is 1.92 bits per heavy atom. The molecule has 0 saturated heterocycles. The molecule has 0 spiro atoms. The van der Waals surface area contributed by atoms with E-state index in [4.69, 9.17) is 5.11 Å². The first-order valence-corrected chi connectivity index (χ1v) is 3.67. The summed E-state index contributed by atoms with van der Waals surface area (Å²) in [4.78, 5) is 10.4. The number of rotatable bonds is 4. The van der Waals surface area contributed by atoms with Crippen LogP contribution in [-0.4, -0.2) is 11.1 Å². The summed E-state index contributed by atoms with van der Waals surface area (Å²) in [6, 6.07) is 0. The Morgan fingerprint density at radius 3 is 2.17 bits per heavy atom. The molecule has 66 valence electrons. The second-order valence-electron chi connectivity index (χ2n) is 2.87. The molecule has 0 rings (SSSR count). The quantitative estimate of drug-likeness (QED) is 0.651. The van der Waals surface area contributed by atoms with Gasteiger partial charge in [0, 0.05) is 0 Å². The topological polar surface area (TPSA) is 37.3 Å². The largest absolute Gasteiger partial charge is 0.481 e. The molecule has 0 bridgehead atoms. The van der Waals surface area contributed by atoms with Crippen molar-refractivity contribution in [2.75, 3.05) is 0 Å². The van der Waals surface area contributed by atoms with Crippen LogP contribution >= 0.6 is 0 Å². The maximum atomic E-state index is 10.4. The fourth-order valence-corrected chi connectivity index (χ4v) is 0.785. The molecule has 0 saturated carbocycles. The van der Waals surface area contributed by atoms with Gasteiger partial charge in [-0.2, -0.15) is 0 Å². The van der Waals surface area contributed by atoms with Gasteiger partial charge in [-0.3, -0.25) is 4.79 Å². The minimum absolute atomic E-state index is 0.0161. The summed E-state index contributed by atoms with van der Waals surface area (Å²) in [5, 5.41) is 8.53. The number of allylic oxidation sites excluding steroid dienone is 3. The zero-order valence-electron chi connectivity index (χ0n) is 7.55. The van der Waals surface area contributed by atoms with E-state index < -0.39 is 5.97 Å². The second-order valence-corrected chi connectivity index (χ2v) is 2.87. The maximum absolute atomic E-state index is 10.4. The van der Waals surface area contributed by atoms with E-state index in [9.17, 15) is 4.79 Å². The van der Waals surface area contributed by atoms with E-state index in [2.05, 4.69) is 13.2 Å². The summed E-state index contributed by atoms with van der Waals surface area (Å²) in [6.07, 6.45) is 1.76. The highest BCUT2D eigenvalue weighted by atomic mass is 16.4. The molecule has 0 aromatic carbocycles. The van der Waals surface area contributed by atoms with Gasteiger partial charge < -0.3 is 5.11 Å². The van der Waals surface area contributed by atoms with Gasteiger partial charge in [-0.15, -0.1) is 0 Å². The standard InChI is InChI=1S/C10H14O2/c1-7(2)5-9(8(3)4)6-10(11)12/h5H,1,3,6H2,2,4H3,(H,11,12)/b9-5-. The van der Waals surface area contributed by atoms with Gasteiger partial charge >= 0.3 is 5.97 Å². The molecule has 0 unspecified atom stereocenters. The van der Waals surface area contributed by atoms with Crippen LogP contribution < -0.4 is 0 Å². The lowest BCUT2D eigenvalue weighted by Gasteiger charge is -2.02. The SMILES string of the molecule is C=C(C)/C=C(/CC(=O)O)C(=C)C. The first kappa shape index (κ1) is 10.7. The monoisotopic (exact) mass is 166 g/mol. The maximum Gasteiger partial charge on any atom is 0.307 e. The van der Waals surface area contributed by atoms with E-state index in [0.29, 0.717) is 0 Å². The highest BCUT2D eigenvalue weighted by Crippen LogP contribution is 2.13. The Labute approximate surface area is 72.9 Å². The minimum Gasteiger partial charge on any atom is -0.481 e. The lowest BCUT2D eigenvalue weighted by Crippen LogP contribution is -1.98. The molecule has 0 aromatic heterocycles. The molecule has 0 radical (unpaired) electrons. The molecule has 0 aliphatic heterocycles. The molecular formula is C10H14O2. The van der Waals surface area contributed by atoms with Gasteiger partial charge in [0.2, 0.25) is 0 Å². The molecule has 0 aliphatic carbocycles. The summed E-state index contributed by atoms with van der Waals surface area (Å²) < 4.78 is 0. The van der Waals surface area contributed by atoms with Gasteiger partial charge in [0.25, 0.3) is 0 Å². The minimum atomic E-state index is -0.842. The van der Waals surface area contributed by atoms with E-state index in [-0.39, 0.29) is 6.42 Å². The summed E-state index contributed by atoms with van der Waals surface area (Å²) >= 11 is 0. The van der Waals surface area contributed by atoms with E-state index in [1.807, 2.05) is 6.92 Å². The highest BCUT2D eigenvalue weighted by Gasteiger charge is 2.03. The zero-order chi connectivity index (χ0) is 9.72. The molecule has 0 heterocycles. The Bertz CT molecular complexity index is 247. The number of carbonyl (C=O) groups is 1. The van der Waals surface area contributed by atoms with Crippen LogP contribution in [0.1, 0.15) is 20.3 Å². The van der Waals surface area contributed by atoms with Crippen molar-refractivity contribution in [3.63, 3.8) is 0 Å². The lowest BCUT2D eigenvalue weighted by molar-refractivity contribution is -0.136. The van der Waals surface area contributed by atoms with Crippen LogP contribution in [-0.2, 0) is 4.79 Å².